The van der Waals surface area contributed by atoms with E-state index in [4.69, 9.17) is 16.1 Å². The fourth-order valence-corrected chi connectivity index (χ4v) is 2.34. The molecule has 5 heteroatoms. The van der Waals surface area contributed by atoms with Gasteiger partial charge >= 0.3 is 0 Å². The molecule has 0 aromatic carbocycles. The van der Waals surface area contributed by atoms with Gasteiger partial charge in [-0.3, -0.25) is 0 Å². The number of aromatic nitrogens is 1. The summed E-state index contributed by atoms with van der Waals surface area (Å²) >= 11 is 7.37. The Kier molecular flexibility index (Phi) is 3.41. The van der Waals surface area contributed by atoms with Gasteiger partial charge in [-0.05, 0) is 18.7 Å². The van der Waals surface area contributed by atoms with E-state index >= 15 is 0 Å². The lowest BCUT2D eigenvalue weighted by Crippen LogP contribution is -2.11. The first-order valence-corrected chi connectivity index (χ1v) is 5.90. The van der Waals surface area contributed by atoms with Crippen molar-refractivity contribution in [3.63, 3.8) is 0 Å². The first-order valence-electron chi connectivity index (χ1n) is 4.71. The summed E-state index contributed by atoms with van der Waals surface area (Å²) in [7, 11) is 0. The lowest BCUT2D eigenvalue weighted by molar-refractivity contribution is 0.432. The van der Waals surface area contributed by atoms with Crippen LogP contribution in [0.2, 0.25) is 4.34 Å². The molecule has 3 nitrogen and oxygen atoms in total. The van der Waals surface area contributed by atoms with Crippen LogP contribution in [0.5, 0.6) is 0 Å². The quantitative estimate of drug-likeness (QED) is 0.895. The van der Waals surface area contributed by atoms with E-state index in [2.05, 4.69) is 17.4 Å². The second-order valence-electron chi connectivity index (χ2n) is 3.06. The second-order valence-corrected chi connectivity index (χ2v) is 4.78. The van der Waals surface area contributed by atoms with Crippen LogP contribution in [-0.2, 0) is 6.54 Å². The fourth-order valence-electron chi connectivity index (χ4n) is 1.29. The minimum Gasteiger partial charge on any atom is -0.355 e. The van der Waals surface area contributed by atoms with Crippen LogP contribution in [0.25, 0.3) is 10.6 Å². The molecule has 0 aliphatic carbocycles. The average molecular weight is 243 g/mol. The van der Waals surface area contributed by atoms with E-state index in [9.17, 15) is 0 Å². The molecule has 1 N–H and O–H groups in total. The zero-order valence-corrected chi connectivity index (χ0v) is 9.86. The normalized spacial score (nSPS) is 10.8. The van der Waals surface area contributed by atoms with Gasteiger partial charge in [-0.1, -0.05) is 23.7 Å². The summed E-state index contributed by atoms with van der Waals surface area (Å²) in [5.41, 5.74) is 1.07. The SMILES string of the molecule is CCNCc1cnoc1-c1ccc(Cl)s1. The zero-order valence-electron chi connectivity index (χ0n) is 8.29. The van der Waals surface area contributed by atoms with Crippen LogP contribution in [0.15, 0.2) is 22.9 Å². The lowest BCUT2D eigenvalue weighted by Gasteiger charge is -1.99. The highest BCUT2D eigenvalue weighted by atomic mass is 35.5. The van der Waals surface area contributed by atoms with Crippen molar-refractivity contribution >= 4 is 22.9 Å². The molecule has 2 rings (SSSR count). The van der Waals surface area contributed by atoms with Crippen molar-refractivity contribution in [3.8, 4) is 10.6 Å². The molecular formula is C10H11ClN2OS. The first-order chi connectivity index (χ1) is 7.31. The van der Waals surface area contributed by atoms with Crippen molar-refractivity contribution < 1.29 is 4.52 Å². The van der Waals surface area contributed by atoms with Crippen LogP contribution < -0.4 is 5.32 Å². The van der Waals surface area contributed by atoms with E-state index in [1.807, 2.05) is 12.1 Å². The smallest absolute Gasteiger partial charge is 0.181 e. The summed E-state index contributed by atoms with van der Waals surface area (Å²) < 4.78 is 5.98. The second kappa shape index (κ2) is 4.79. The van der Waals surface area contributed by atoms with Crippen LogP contribution in [0.1, 0.15) is 12.5 Å². The Balaban J connectivity index is 2.24. The Morgan fingerprint density at radius 1 is 1.53 bits per heavy atom. The summed E-state index contributed by atoms with van der Waals surface area (Å²) in [6.45, 7) is 3.76. The number of nitrogens with zero attached hydrogens (tertiary/aromatic N) is 1. The van der Waals surface area contributed by atoms with Crippen LogP contribution >= 0.6 is 22.9 Å². The molecule has 0 aliphatic rings. The van der Waals surface area contributed by atoms with E-state index in [0.717, 1.165) is 33.6 Å². The van der Waals surface area contributed by atoms with E-state index in [1.54, 1.807) is 6.20 Å². The Labute approximate surface area is 97.0 Å². The van der Waals surface area contributed by atoms with E-state index in [0.29, 0.717) is 0 Å². The van der Waals surface area contributed by atoms with Crippen molar-refractivity contribution in [1.82, 2.24) is 10.5 Å². The molecule has 0 amide bonds. The first kappa shape index (κ1) is 10.7. The monoisotopic (exact) mass is 242 g/mol. The maximum atomic E-state index is 5.87. The predicted octanol–water partition coefficient (Wildman–Crippen LogP) is 3.17. The van der Waals surface area contributed by atoms with Gasteiger partial charge in [-0.15, -0.1) is 11.3 Å². The summed E-state index contributed by atoms with van der Waals surface area (Å²) in [5, 5.41) is 7.05. The van der Waals surface area contributed by atoms with Gasteiger partial charge in [-0.25, -0.2) is 0 Å². The molecule has 0 fully saturated rings. The lowest BCUT2D eigenvalue weighted by atomic mass is 10.2. The Bertz CT molecular complexity index is 438. The Morgan fingerprint density at radius 2 is 2.40 bits per heavy atom. The third kappa shape index (κ3) is 2.40. The molecule has 0 radical (unpaired) electrons. The Morgan fingerprint density at radius 3 is 3.07 bits per heavy atom. The molecule has 0 saturated carbocycles. The third-order valence-corrected chi connectivity index (χ3v) is 3.24. The van der Waals surface area contributed by atoms with Crippen LogP contribution in [0.3, 0.4) is 0 Å². The number of hydrogen-bond acceptors (Lipinski definition) is 4. The molecule has 0 unspecified atom stereocenters. The van der Waals surface area contributed by atoms with Gasteiger partial charge in [0.15, 0.2) is 5.76 Å². The van der Waals surface area contributed by atoms with Crippen LogP contribution in [-0.4, -0.2) is 11.7 Å². The molecule has 2 aromatic heterocycles. The number of halogens is 1. The maximum Gasteiger partial charge on any atom is 0.181 e. The molecule has 0 aliphatic heterocycles. The Hall–Kier alpha value is -0.840. The molecular weight excluding hydrogens is 232 g/mol. The number of thiophene rings is 1. The molecule has 2 heterocycles. The molecule has 0 atom stereocenters. The van der Waals surface area contributed by atoms with E-state index < -0.39 is 0 Å². The van der Waals surface area contributed by atoms with Gasteiger partial charge in [0.2, 0.25) is 0 Å². The summed E-state index contributed by atoms with van der Waals surface area (Å²) in [4.78, 5) is 1.02. The van der Waals surface area contributed by atoms with Crippen LogP contribution in [0.4, 0.5) is 0 Å². The highest BCUT2D eigenvalue weighted by Crippen LogP contribution is 2.32. The molecule has 2 aromatic rings. The summed E-state index contributed by atoms with van der Waals surface area (Å²) in [5.74, 6) is 0.813. The largest absolute Gasteiger partial charge is 0.355 e. The minimum atomic E-state index is 0.760. The van der Waals surface area contributed by atoms with Crippen molar-refractivity contribution in [2.75, 3.05) is 6.54 Å². The standard InChI is InChI=1S/C10H11ClN2OS/c1-2-12-5-7-6-13-14-10(7)8-3-4-9(11)15-8/h3-4,6,12H,2,5H2,1H3. The maximum absolute atomic E-state index is 5.87. The highest BCUT2D eigenvalue weighted by Gasteiger charge is 2.12. The topological polar surface area (TPSA) is 38.1 Å². The van der Waals surface area contributed by atoms with Gasteiger partial charge in [-0.2, -0.15) is 0 Å². The third-order valence-electron chi connectivity index (χ3n) is 2.01. The van der Waals surface area contributed by atoms with Crippen molar-refractivity contribution in [2.24, 2.45) is 0 Å². The van der Waals surface area contributed by atoms with E-state index in [-0.39, 0.29) is 0 Å². The fraction of sp³-hybridized carbons (Fsp3) is 0.300. The molecule has 15 heavy (non-hydrogen) atoms. The molecule has 0 bridgehead atoms. The van der Waals surface area contributed by atoms with Gasteiger partial charge in [0.1, 0.15) is 0 Å². The van der Waals surface area contributed by atoms with Crippen molar-refractivity contribution in [3.05, 3.63) is 28.2 Å². The van der Waals surface area contributed by atoms with E-state index in [1.165, 1.54) is 11.3 Å². The highest BCUT2D eigenvalue weighted by molar-refractivity contribution is 7.19. The zero-order chi connectivity index (χ0) is 10.7. The van der Waals surface area contributed by atoms with Gasteiger partial charge in [0.05, 0.1) is 15.4 Å². The van der Waals surface area contributed by atoms with Gasteiger partial charge in [0, 0.05) is 12.1 Å². The van der Waals surface area contributed by atoms with Gasteiger partial charge < -0.3 is 9.84 Å². The number of hydrogen-bond donors (Lipinski definition) is 1. The minimum absolute atomic E-state index is 0.760. The predicted molar refractivity (Wildman–Crippen MR) is 62.2 cm³/mol. The number of nitrogens with one attached hydrogen (secondary N) is 1. The average Bonchev–Trinajstić information content (AvgIpc) is 2.82. The summed E-state index contributed by atoms with van der Waals surface area (Å²) in [6, 6.07) is 3.81. The molecule has 0 spiro atoms. The van der Waals surface area contributed by atoms with Crippen molar-refractivity contribution in [2.45, 2.75) is 13.5 Å². The summed E-state index contributed by atoms with van der Waals surface area (Å²) in [6.07, 6.45) is 1.74. The van der Waals surface area contributed by atoms with Crippen molar-refractivity contribution in [1.29, 1.82) is 0 Å². The molecule has 0 saturated heterocycles. The van der Waals surface area contributed by atoms with Crippen LogP contribution in [0, 0.1) is 0 Å². The van der Waals surface area contributed by atoms with Gasteiger partial charge in [0.25, 0.3) is 0 Å². The number of rotatable bonds is 4. The molecule has 80 valence electrons.